The fourth-order valence-corrected chi connectivity index (χ4v) is 5.98. The highest BCUT2D eigenvalue weighted by atomic mass is 32.2. The van der Waals surface area contributed by atoms with Crippen molar-refractivity contribution in [3.8, 4) is 5.75 Å². The summed E-state index contributed by atoms with van der Waals surface area (Å²) in [5.41, 5.74) is 1.14. The van der Waals surface area contributed by atoms with Crippen molar-refractivity contribution in [2.75, 3.05) is 32.8 Å². The first-order valence-electron chi connectivity index (χ1n) is 8.88. The van der Waals surface area contributed by atoms with Crippen LogP contribution in [-0.2, 0) is 14.8 Å². The summed E-state index contributed by atoms with van der Waals surface area (Å²) in [7, 11) is -3.21. The molecule has 2 fully saturated rings. The van der Waals surface area contributed by atoms with E-state index in [1.165, 1.54) is 0 Å². The molecular weight excluding hydrogens is 340 g/mol. The highest BCUT2D eigenvalue weighted by Crippen LogP contribution is 2.34. The van der Waals surface area contributed by atoms with Gasteiger partial charge in [0, 0.05) is 26.2 Å². The number of benzene rings is 1. The van der Waals surface area contributed by atoms with Crippen LogP contribution in [-0.4, -0.2) is 61.6 Å². The minimum absolute atomic E-state index is 0.00771. The van der Waals surface area contributed by atoms with Gasteiger partial charge in [-0.25, -0.2) is 12.7 Å². The Morgan fingerprint density at radius 1 is 1.20 bits per heavy atom. The third-order valence-corrected chi connectivity index (χ3v) is 7.76. The van der Waals surface area contributed by atoms with Gasteiger partial charge in [0.2, 0.25) is 10.0 Å². The molecule has 3 rings (SSSR count). The predicted molar refractivity (Wildman–Crippen MR) is 95.9 cm³/mol. The van der Waals surface area contributed by atoms with Crippen molar-refractivity contribution < 1.29 is 17.9 Å². The number of aryl methyl sites for hydroxylation is 1. The molecule has 0 aliphatic carbocycles. The summed E-state index contributed by atoms with van der Waals surface area (Å²) >= 11 is 0. The second-order valence-corrected chi connectivity index (χ2v) is 9.01. The normalized spacial score (nSPS) is 26.1. The van der Waals surface area contributed by atoms with Crippen LogP contribution in [0.4, 0.5) is 0 Å². The van der Waals surface area contributed by atoms with Gasteiger partial charge in [-0.15, -0.1) is 0 Å². The lowest BCUT2D eigenvalue weighted by atomic mass is 10.0. The minimum atomic E-state index is -3.21. The van der Waals surface area contributed by atoms with Gasteiger partial charge < -0.3 is 9.64 Å². The molecule has 0 aromatic heterocycles. The molecule has 2 aliphatic rings. The van der Waals surface area contributed by atoms with Gasteiger partial charge in [0.05, 0.1) is 5.25 Å². The average Bonchev–Trinajstić information content (AvgIpc) is 2.74. The Labute approximate surface area is 149 Å². The van der Waals surface area contributed by atoms with E-state index < -0.39 is 10.0 Å². The third kappa shape index (κ3) is 3.82. The van der Waals surface area contributed by atoms with E-state index in [4.69, 9.17) is 4.74 Å². The molecule has 1 amide bonds. The van der Waals surface area contributed by atoms with E-state index in [0.29, 0.717) is 38.3 Å². The number of sulfonamides is 1. The highest BCUT2D eigenvalue weighted by molar-refractivity contribution is 7.90. The summed E-state index contributed by atoms with van der Waals surface area (Å²) < 4.78 is 32.2. The zero-order valence-electron chi connectivity index (χ0n) is 14.8. The Balaban J connectivity index is 1.57. The first kappa shape index (κ1) is 18.2. The summed E-state index contributed by atoms with van der Waals surface area (Å²) in [6.07, 6.45) is 1.25. The summed E-state index contributed by atoms with van der Waals surface area (Å²) in [6, 6.07) is 7.58. The van der Waals surface area contributed by atoms with Gasteiger partial charge in [0.25, 0.3) is 5.91 Å². The van der Waals surface area contributed by atoms with Crippen molar-refractivity contribution in [2.24, 2.45) is 5.92 Å². The van der Waals surface area contributed by atoms with Crippen molar-refractivity contribution in [2.45, 2.75) is 31.9 Å². The first-order chi connectivity index (χ1) is 11.9. The lowest BCUT2D eigenvalue weighted by Gasteiger charge is -2.22. The van der Waals surface area contributed by atoms with E-state index in [1.54, 1.807) is 9.21 Å². The van der Waals surface area contributed by atoms with E-state index in [0.717, 1.165) is 12.0 Å². The fraction of sp³-hybridized carbons (Fsp3) is 0.611. The van der Waals surface area contributed by atoms with Crippen molar-refractivity contribution in [1.29, 1.82) is 0 Å². The molecule has 0 unspecified atom stereocenters. The first-order valence-corrected chi connectivity index (χ1v) is 10.4. The fourth-order valence-electron chi connectivity index (χ4n) is 3.73. The lowest BCUT2D eigenvalue weighted by molar-refractivity contribution is -0.133. The van der Waals surface area contributed by atoms with Gasteiger partial charge in [-0.05, 0) is 37.8 Å². The third-order valence-electron chi connectivity index (χ3n) is 5.25. The van der Waals surface area contributed by atoms with Crippen molar-refractivity contribution in [3.63, 3.8) is 0 Å². The minimum Gasteiger partial charge on any atom is -0.484 e. The van der Waals surface area contributed by atoms with Gasteiger partial charge in [-0.3, -0.25) is 4.79 Å². The molecule has 1 aromatic carbocycles. The summed E-state index contributed by atoms with van der Waals surface area (Å²) in [4.78, 5) is 14.2. The molecule has 7 heteroatoms. The molecular formula is C18H26N2O4S. The quantitative estimate of drug-likeness (QED) is 0.813. The maximum atomic E-state index is 12.5. The van der Waals surface area contributed by atoms with Crippen LogP contribution < -0.4 is 4.74 Å². The second kappa shape index (κ2) is 7.33. The van der Waals surface area contributed by atoms with E-state index >= 15 is 0 Å². The molecule has 0 spiro atoms. The van der Waals surface area contributed by atoms with E-state index in [1.807, 2.05) is 38.1 Å². The molecule has 0 saturated carbocycles. The van der Waals surface area contributed by atoms with Crippen molar-refractivity contribution in [3.05, 3.63) is 29.8 Å². The SMILES string of the molecule is CCN1C[C@H]2CCN(C(=O)COc3ccc(C)cc3)CC[C@H]2S1(=O)=O. The molecule has 2 atom stereocenters. The van der Waals surface area contributed by atoms with Gasteiger partial charge in [-0.1, -0.05) is 24.6 Å². The topological polar surface area (TPSA) is 66.9 Å². The van der Waals surface area contributed by atoms with Gasteiger partial charge in [-0.2, -0.15) is 0 Å². The van der Waals surface area contributed by atoms with Crippen molar-refractivity contribution in [1.82, 2.24) is 9.21 Å². The molecule has 2 heterocycles. The highest BCUT2D eigenvalue weighted by Gasteiger charge is 2.46. The Morgan fingerprint density at radius 3 is 2.56 bits per heavy atom. The largest absolute Gasteiger partial charge is 0.484 e. The molecule has 25 heavy (non-hydrogen) atoms. The Bertz CT molecular complexity index is 717. The second-order valence-electron chi connectivity index (χ2n) is 6.85. The number of carbonyl (C=O) groups is 1. The van der Waals surface area contributed by atoms with Crippen LogP contribution in [0.15, 0.2) is 24.3 Å². The van der Waals surface area contributed by atoms with E-state index in [-0.39, 0.29) is 23.7 Å². The van der Waals surface area contributed by atoms with Crippen LogP contribution in [0.1, 0.15) is 25.3 Å². The van der Waals surface area contributed by atoms with Crippen LogP contribution >= 0.6 is 0 Å². The summed E-state index contributed by atoms with van der Waals surface area (Å²) in [6.45, 7) is 6.07. The van der Waals surface area contributed by atoms with Gasteiger partial charge in [0.15, 0.2) is 6.61 Å². The number of carbonyl (C=O) groups excluding carboxylic acids is 1. The Kier molecular flexibility index (Phi) is 5.34. The number of nitrogens with zero attached hydrogens (tertiary/aromatic N) is 2. The summed E-state index contributed by atoms with van der Waals surface area (Å²) in [5.74, 6) is 0.720. The van der Waals surface area contributed by atoms with Crippen LogP contribution in [0.3, 0.4) is 0 Å². The molecule has 6 nitrogen and oxygen atoms in total. The zero-order chi connectivity index (χ0) is 18.0. The Hall–Kier alpha value is -1.60. The number of likely N-dealkylation sites (tertiary alicyclic amines) is 1. The smallest absolute Gasteiger partial charge is 0.260 e. The van der Waals surface area contributed by atoms with Gasteiger partial charge in [0.1, 0.15) is 5.75 Å². The molecule has 1 aromatic rings. The Morgan fingerprint density at radius 2 is 1.88 bits per heavy atom. The van der Waals surface area contributed by atoms with Crippen molar-refractivity contribution >= 4 is 15.9 Å². The maximum Gasteiger partial charge on any atom is 0.260 e. The number of ether oxygens (including phenoxy) is 1. The maximum absolute atomic E-state index is 12.5. The monoisotopic (exact) mass is 366 g/mol. The van der Waals surface area contributed by atoms with E-state index in [9.17, 15) is 13.2 Å². The molecule has 0 bridgehead atoms. The van der Waals surface area contributed by atoms with Gasteiger partial charge >= 0.3 is 0 Å². The average molecular weight is 366 g/mol. The van der Waals surface area contributed by atoms with Crippen LogP contribution in [0.25, 0.3) is 0 Å². The molecule has 138 valence electrons. The van der Waals surface area contributed by atoms with E-state index in [2.05, 4.69) is 0 Å². The number of fused-ring (bicyclic) bond motifs is 1. The lowest BCUT2D eigenvalue weighted by Crippen LogP contribution is -2.37. The molecule has 2 aliphatic heterocycles. The van der Waals surface area contributed by atoms with Crippen LogP contribution in [0.2, 0.25) is 0 Å². The van der Waals surface area contributed by atoms with Crippen LogP contribution in [0, 0.1) is 12.8 Å². The number of rotatable bonds is 4. The zero-order valence-corrected chi connectivity index (χ0v) is 15.7. The summed E-state index contributed by atoms with van der Waals surface area (Å²) in [5, 5.41) is -0.344. The molecule has 0 radical (unpaired) electrons. The molecule has 0 N–H and O–H groups in total. The number of amides is 1. The molecule has 2 saturated heterocycles. The predicted octanol–water partition coefficient (Wildman–Crippen LogP) is 1.65. The number of hydrogen-bond acceptors (Lipinski definition) is 4. The number of hydrogen-bond donors (Lipinski definition) is 0. The van der Waals surface area contributed by atoms with Crippen LogP contribution in [0.5, 0.6) is 5.75 Å². The standard InChI is InChI=1S/C18H26N2O4S/c1-3-20-12-15-8-10-19(11-9-17(15)25(20,22)23)18(21)13-24-16-6-4-14(2)5-7-16/h4-7,15,17H,3,8-13H2,1-2H3/t15-,17-/m1/s1.